The van der Waals surface area contributed by atoms with E-state index in [-0.39, 0.29) is 17.9 Å². The van der Waals surface area contributed by atoms with Crippen molar-refractivity contribution in [2.75, 3.05) is 7.11 Å². The Morgan fingerprint density at radius 2 is 1.94 bits per heavy atom. The molecule has 4 nitrogen and oxygen atoms in total. The number of fused-ring (bicyclic) bond motifs is 1. The number of hydrogen-bond donors (Lipinski definition) is 0. The smallest absolute Gasteiger partial charge is 0.254 e. The van der Waals surface area contributed by atoms with Gasteiger partial charge in [0.25, 0.3) is 11.8 Å². The van der Waals surface area contributed by atoms with E-state index in [1.54, 1.807) is 7.11 Å². The molecule has 1 aromatic rings. The first kappa shape index (κ1) is 11.0. The van der Waals surface area contributed by atoms with Gasteiger partial charge in [-0.25, -0.2) is 0 Å². The molecule has 18 heavy (non-hydrogen) atoms. The predicted octanol–water partition coefficient (Wildman–Crippen LogP) is 1.61. The summed E-state index contributed by atoms with van der Waals surface area (Å²) in [6.45, 7) is 0. The highest BCUT2D eigenvalue weighted by Crippen LogP contribution is 2.38. The third-order valence-corrected chi connectivity index (χ3v) is 3.55. The van der Waals surface area contributed by atoms with Gasteiger partial charge in [0.05, 0.1) is 13.2 Å². The minimum atomic E-state index is -0.222. The van der Waals surface area contributed by atoms with Gasteiger partial charge in [-0.15, -0.1) is 0 Å². The van der Waals surface area contributed by atoms with Crippen LogP contribution in [0.15, 0.2) is 30.4 Å². The molecular weight excluding hydrogens is 230 g/mol. The highest BCUT2D eigenvalue weighted by molar-refractivity contribution is 6.13. The summed E-state index contributed by atoms with van der Waals surface area (Å²) in [7, 11) is 1.61. The number of carbonyl (C=O) groups excluding carboxylic acids is 2. The summed E-state index contributed by atoms with van der Waals surface area (Å²) in [6.07, 6.45) is 4.35. The third kappa shape index (κ3) is 1.53. The monoisotopic (exact) mass is 243 g/mol. The van der Waals surface area contributed by atoms with Crippen LogP contribution in [0.4, 0.5) is 0 Å². The van der Waals surface area contributed by atoms with Gasteiger partial charge in [0, 0.05) is 12.2 Å². The minimum Gasteiger partial charge on any atom is -0.497 e. The number of ether oxygens (including phenoxy) is 1. The number of rotatable bonds is 2. The number of hydrogen-bond acceptors (Lipinski definition) is 3. The lowest BCUT2D eigenvalue weighted by molar-refractivity contribution is -0.139. The summed E-state index contributed by atoms with van der Waals surface area (Å²) in [5, 5.41) is 0. The van der Waals surface area contributed by atoms with Gasteiger partial charge in [-0.3, -0.25) is 14.5 Å². The van der Waals surface area contributed by atoms with E-state index >= 15 is 0 Å². The molecule has 3 rings (SSSR count). The molecule has 2 aliphatic rings. The molecule has 0 fully saturated rings. The van der Waals surface area contributed by atoms with E-state index in [1.807, 2.05) is 18.2 Å². The molecule has 1 atom stereocenters. The van der Waals surface area contributed by atoms with Crippen LogP contribution < -0.4 is 4.74 Å². The first-order chi connectivity index (χ1) is 8.70. The van der Waals surface area contributed by atoms with E-state index in [4.69, 9.17) is 4.74 Å². The zero-order chi connectivity index (χ0) is 12.7. The van der Waals surface area contributed by atoms with Crippen molar-refractivity contribution in [1.29, 1.82) is 0 Å². The van der Waals surface area contributed by atoms with Crippen molar-refractivity contribution in [3.8, 4) is 5.75 Å². The molecule has 0 unspecified atom stereocenters. The Morgan fingerprint density at radius 1 is 1.22 bits per heavy atom. The molecular formula is C14H13NO3. The lowest BCUT2D eigenvalue weighted by atomic mass is 10.1. The van der Waals surface area contributed by atoms with Crippen LogP contribution in [0.2, 0.25) is 0 Å². The Hall–Kier alpha value is -2.10. The SMILES string of the molecule is COc1ccc2c(c1)[C@@H](N1C(=O)C=CC1=O)CC2. The molecule has 1 aromatic carbocycles. The summed E-state index contributed by atoms with van der Waals surface area (Å²) < 4.78 is 5.20. The van der Waals surface area contributed by atoms with Crippen LogP contribution in [0.3, 0.4) is 0 Å². The van der Waals surface area contributed by atoms with E-state index < -0.39 is 0 Å². The van der Waals surface area contributed by atoms with Crippen molar-refractivity contribution in [2.24, 2.45) is 0 Å². The van der Waals surface area contributed by atoms with Crippen LogP contribution in [0.1, 0.15) is 23.6 Å². The molecule has 92 valence electrons. The maximum atomic E-state index is 11.7. The van der Waals surface area contributed by atoms with Crippen molar-refractivity contribution in [3.05, 3.63) is 41.5 Å². The molecule has 0 bridgehead atoms. The fourth-order valence-electron chi connectivity index (χ4n) is 2.67. The van der Waals surface area contributed by atoms with Crippen LogP contribution in [0, 0.1) is 0 Å². The topological polar surface area (TPSA) is 46.6 Å². The van der Waals surface area contributed by atoms with Gasteiger partial charge in [-0.2, -0.15) is 0 Å². The van der Waals surface area contributed by atoms with Crippen molar-refractivity contribution in [3.63, 3.8) is 0 Å². The van der Waals surface area contributed by atoms with Gasteiger partial charge in [0.1, 0.15) is 5.75 Å². The largest absolute Gasteiger partial charge is 0.497 e. The van der Waals surface area contributed by atoms with E-state index in [2.05, 4.69) is 0 Å². The normalized spacial score (nSPS) is 21.6. The first-order valence-corrected chi connectivity index (χ1v) is 5.93. The van der Waals surface area contributed by atoms with E-state index in [1.165, 1.54) is 22.6 Å². The molecule has 1 aliphatic carbocycles. The minimum absolute atomic E-state index is 0.148. The summed E-state index contributed by atoms with van der Waals surface area (Å²) in [6, 6.07) is 5.69. The number of amides is 2. The number of aryl methyl sites for hydroxylation is 1. The van der Waals surface area contributed by atoms with Crippen LogP contribution in [-0.4, -0.2) is 23.8 Å². The highest BCUT2D eigenvalue weighted by Gasteiger charge is 2.36. The van der Waals surface area contributed by atoms with Gasteiger partial charge in [-0.05, 0) is 36.1 Å². The average Bonchev–Trinajstić information content (AvgIpc) is 2.92. The molecule has 0 N–H and O–H groups in total. The van der Waals surface area contributed by atoms with Crippen molar-refractivity contribution in [2.45, 2.75) is 18.9 Å². The molecule has 0 aromatic heterocycles. The number of methoxy groups -OCH3 is 1. The highest BCUT2D eigenvalue weighted by atomic mass is 16.5. The van der Waals surface area contributed by atoms with E-state index in [9.17, 15) is 9.59 Å². The standard InChI is InChI=1S/C14H13NO3/c1-18-10-4-2-9-3-5-12(11(9)8-10)15-13(16)6-7-14(15)17/h2,4,6-8,12H,3,5H2,1H3/t12-/m0/s1. The molecule has 0 saturated heterocycles. The molecule has 1 aliphatic heterocycles. The lowest BCUT2D eigenvalue weighted by Crippen LogP contribution is -2.33. The van der Waals surface area contributed by atoms with Gasteiger partial charge in [0.2, 0.25) is 0 Å². The lowest BCUT2D eigenvalue weighted by Gasteiger charge is -2.23. The third-order valence-electron chi connectivity index (χ3n) is 3.55. The zero-order valence-corrected chi connectivity index (χ0v) is 10.1. The quantitative estimate of drug-likeness (QED) is 0.741. The first-order valence-electron chi connectivity index (χ1n) is 5.93. The molecule has 0 spiro atoms. The second-order valence-electron chi connectivity index (χ2n) is 4.50. The molecule has 0 saturated carbocycles. The van der Waals surface area contributed by atoms with Crippen LogP contribution >= 0.6 is 0 Å². The molecule has 4 heteroatoms. The summed E-state index contributed by atoms with van der Waals surface area (Å²) >= 11 is 0. The maximum Gasteiger partial charge on any atom is 0.254 e. The fourth-order valence-corrected chi connectivity index (χ4v) is 2.67. The van der Waals surface area contributed by atoms with Gasteiger partial charge in [-0.1, -0.05) is 6.07 Å². The predicted molar refractivity (Wildman–Crippen MR) is 65.0 cm³/mol. The molecule has 2 amide bonds. The zero-order valence-electron chi connectivity index (χ0n) is 10.1. The number of benzene rings is 1. The number of nitrogens with zero attached hydrogens (tertiary/aromatic N) is 1. The van der Waals surface area contributed by atoms with Gasteiger partial charge < -0.3 is 4.74 Å². The van der Waals surface area contributed by atoms with Crippen LogP contribution in [0.25, 0.3) is 0 Å². The number of carbonyl (C=O) groups is 2. The number of imide groups is 1. The Kier molecular flexibility index (Phi) is 2.44. The van der Waals surface area contributed by atoms with Crippen molar-refractivity contribution >= 4 is 11.8 Å². The van der Waals surface area contributed by atoms with E-state index in [0.29, 0.717) is 0 Å². The van der Waals surface area contributed by atoms with E-state index in [0.717, 1.165) is 24.2 Å². The Bertz CT molecular complexity index is 544. The second-order valence-corrected chi connectivity index (χ2v) is 4.50. The Balaban J connectivity index is 1.99. The maximum absolute atomic E-state index is 11.7. The van der Waals surface area contributed by atoms with Crippen LogP contribution in [-0.2, 0) is 16.0 Å². The average molecular weight is 243 g/mol. The van der Waals surface area contributed by atoms with Crippen LogP contribution in [0.5, 0.6) is 5.75 Å². The molecule has 0 radical (unpaired) electrons. The molecule has 1 heterocycles. The van der Waals surface area contributed by atoms with Crippen molar-refractivity contribution in [1.82, 2.24) is 4.90 Å². The van der Waals surface area contributed by atoms with Gasteiger partial charge >= 0.3 is 0 Å². The Morgan fingerprint density at radius 3 is 2.61 bits per heavy atom. The Labute approximate surface area is 105 Å². The van der Waals surface area contributed by atoms with Gasteiger partial charge in [0.15, 0.2) is 0 Å². The summed E-state index contributed by atoms with van der Waals surface area (Å²) in [5.74, 6) is 0.314. The summed E-state index contributed by atoms with van der Waals surface area (Å²) in [4.78, 5) is 24.8. The fraction of sp³-hybridized carbons (Fsp3) is 0.286. The summed E-state index contributed by atoms with van der Waals surface area (Å²) in [5.41, 5.74) is 2.22. The second kappa shape index (κ2) is 3.98. The van der Waals surface area contributed by atoms with Crippen molar-refractivity contribution < 1.29 is 14.3 Å².